The number of hydrogen-bond acceptors (Lipinski definition) is 4. The van der Waals surface area contributed by atoms with Gasteiger partial charge in [-0.1, -0.05) is 6.58 Å². The van der Waals surface area contributed by atoms with E-state index in [0.29, 0.717) is 0 Å². The van der Waals surface area contributed by atoms with Gasteiger partial charge in [0.25, 0.3) is 0 Å². The predicted octanol–water partition coefficient (Wildman–Crippen LogP) is 3.60. The van der Waals surface area contributed by atoms with Crippen LogP contribution >= 0.6 is 23.5 Å². The lowest BCUT2D eigenvalue weighted by Gasteiger charge is -2.40. The molecule has 1 atom stereocenters. The number of alkyl halides is 7. The van der Waals surface area contributed by atoms with Crippen LogP contribution in [0.25, 0.3) is 0 Å². The topological polar surface area (TPSA) is 26.3 Å². The SMILES string of the molecule is C=COC(=O)C1(F)SC(F)(F)C(F)(F)SC1(F)F. The predicted molar refractivity (Wildman–Crippen MR) is 50.2 cm³/mol. The molecule has 1 fully saturated rings. The first-order valence-corrected chi connectivity index (χ1v) is 5.57. The van der Waals surface area contributed by atoms with E-state index in [-0.39, 0.29) is 6.26 Å². The van der Waals surface area contributed by atoms with E-state index in [1.165, 1.54) is 0 Å². The minimum Gasteiger partial charge on any atom is -0.432 e. The molecule has 0 saturated carbocycles. The van der Waals surface area contributed by atoms with Crippen molar-refractivity contribution in [3.05, 3.63) is 12.8 Å². The minimum atomic E-state index is -5.23. The van der Waals surface area contributed by atoms with Crippen LogP contribution in [0, 0.1) is 0 Å². The van der Waals surface area contributed by atoms with E-state index < -0.39 is 50.3 Å². The Morgan fingerprint density at radius 3 is 1.83 bits per heavy atom. The average molecular weight is 316 g/mol. The summed E-state index contributed by atoms with van der Waals surface area (Å²) < 4.78 is 94.3. The lowest BCUT2D eigenvalue weighted by atomic mass is 10.4. The van der Waals surface area contributed by atoms with Gasteiger partial charge in [-0.15, -0.1) is 0 Å². The number of carbonyl (C=O) groups excluding carboxylic acids is 1. The van der Waals surface area contributed by atoms with E-state index in [9.17, 15) is 35.5 Å². The second-order valence-electron chi connectivity index (χ2n) is 2.92. The summed E-state index contributed by atoms with van der Waals surface area (Å²) in [5.41, 5.74) is 0. The molecular weight excluding hydrogens is 313 g/mol. The van der Waals surface area contributed by atoms with Crippen LogP contribution < -0.4 is 0 Å². The Balaban J connectivity index is 3.21. The van der Waals surface area contributed by atoms with Gasteiger partial charge in [0.05, 0.1) is 6.26 Å². The molecule has 1 aliphatic rings. The monoisotopic (exact) mass is 316 g/mol. The van der Waals surface area contributed by atoms with Crippen molar-refractivity contribution in [3.8, 4) is 0 Å². The molecule has 0 aliphatic carbocycles. The number of rotatable bonds is 2. The lowest BCUT2D eigenvalue weighted by molar-refractivity contribution is -0.160. The zero-order valence-corrected chi connectivity index (χ0v) is 9.70. The van der Waals surface area contributed by atoms with Crippen LogP contribution in [-0.2, 0) is 9.53 Å². The third-order valence-corrected chi connectivity index (χ3v) is 4.22. The van der Waals surface area contributed by atoms with Crippen molar-refractivity contribution >= 4 is 29.5 Å². The van der Waals surface area contributed by atoms with Gasteiger partial charge >= 0.3 is 26.7 Å². The van der Waals surface area contributed by atoms with Gasteiger partial charge in [-0.25, -0.2) is 9.18 Å². The number of ether oxygens (including phenoxy) is 1. The molecule has 1 heterocycles. The quantitative estimate of drug-likeness (QED) is 0.442. The third-order valence-electron chi connectivity index (χ3n) is 1.69. The molecule has 0 amide bonds. The van der Waals surface area contributed by atoms with Gasteiger partial charge < -0.3 is 4.74 Å². The number of hydrogen-bond donors (Lipinski definition) is 0. The molecule has 0 aromatic carbocycles. The highest BCUT2D eigenvalue weighted by Gasteiger charge is 2.80. The fourth-order valence-electron chi connectivity index (χ4n) is 0.893. The van der Waals surface area contributed by atoms with Gasteiger partial charge in [-0.05, 0) is 23.5 Å². The standard InChI is InChI=1S/C7H3F7O2S2/c1-2-16-3(15)4(8)5(9,10)18-7(13,14)6(11,12)17-4/h2H,1H2. The van der Waals surface area contributed by atoms with Crippen molar-refractivity contribution < 1.29 is 40.3 Å². The molecule has 1 aliphatic heterocycles. The highest BCUT2D eigenvalue weighted by Crippen LogP contribution is 2.68. The number of carbonyl (C=O) groups is 1. The van der Waals surface area contributed by atoms with Gasteiger partial charge in [0, 0.05) is 0 Å². The average Bonchev–Trinajstić information content (AvgIpc) is 2.13. The molecule has 11 heteroatoms. The molecule has 2 nitrogen and oxygen atoms in total. The zero-order chi connectivity index (χ0) is 14.4. The summed E-state index contributed by atoms with van der Waals surface area (Å²) in [6, 6.07) is 0. The molecule has 0 aromatic rings. The fourth-order valence-corrected chi connectivity index (χ4v) is 2.77. The molecule has 18 heavy (non-hydrogen) atoms. The maximum atomic E-state index is 13.6. The van der Waals surface area contributed by atoms with Crippen molar-refractivity contribution in [2.24, 2.45) is 0 Å². The van der Waals surface area contributed by atoms with Crippen molar-refractivity contribution in [1.29, 1.82) is 0 Å². The second kappa shape index (κ2) is 4.22. The highest BCUT2D eigenvalue weighted by molar-refractivity contribution is 8.09. The van der Waals surface area contributed by atoms with E-state index in [1.54, 1.807) is 0 Å². The van der Waals surface area contributed by atoms with Crippen LogP contribution in [0.2, 0.25) is 0 Å². The molecule has 0 N–H and O–H groups in total. The van der Waals surface area contributed by atoms with Crippen LogP contribution in [0.15, 0.2) is 12.8 Å². The molecule has 0 spiro atoms. The first kappa shape index (κ1) is 15.5. The van der Waals surface area contributed by atoms with Gasteiger partial charge in [0.2, 0.25) is 0 Å². The summed E-state index contributed by atoms with van der Waals surface area (Å²) in [5, 5.41) is -20.2. The van der Waals surface area contributed by atoms with Crippen molar-refractivity contribution in [1.82, 2.24) is 0 Å². The smallest absolute Gasteiger partial charge is 0.371 e. The summed E-state index contributed by atoms with van der Waals surface area (Å²) in [7, 11) is 0. The van der Waals surface area contributed by atoms with Crippen LogP contribution in [0.1, 0.15) is 0 Å². The van der Waals surface area contributed by atoms with E-state index in [4.69, 9.17) is 0 Å². The minimum absolute atomic E-state index is 0.218. The number of halogens is 7. The molecule has 104 valence electrons. The van der Waals surface area contributed by atoms with Crippen molar-refractivity contribution in [3.63, 3.8) is 0 Å². The Labute approximate surface area is 104 Å². The van der Waals surface area contributed by atoms with E-state index >= 15 is 0 Å². The molecular formula is C7H3F7O2S2. The maximum absolute atomic E-state index is 13.6. The molecule has 0 aromatic heterocycles. The summed E-state index contributed by atoms with van der Waals surface area (Å²) >= 11 is -3.72. The Kier molecular flexibility index (Phi) is 3.63. The highest BCUT2D eigenvalue weighted by atomic mass is 32.2. The van der Waals surface area contributed by atoms with E-state index in [2.05, 4.69) is 11.3 Å². The molecule has 1 unspecified atom stereocenters. The molecule has 0 radical (unpaired) electrons. The first-order chi connectivity index (χ1) is 7.90. The van der Waals surface area contributed by atoms with Crippen LogP contribution in [0.5, 0.6) is 0 Å². The van der Waals surface area contributed by atoms with Crippen LogP contribution in [-0.4, -0.2) is 26.7 Å². The summed E-state index contributed by atoms with van der Waals surface area (Å²) in [5.74, 6) is -2.44. The van der Waals surface area contributed by atoms with Gasteiger partial charge in [-0.2, -0.15) is 26.3 Å². The summed E-state index contributed by atoms with van der Waals surface area (Å²) in [6.45, 7) is 2.73. The molecule has 1 rings (SSSR count). The Morgan fingerprint density at radius 1 is 0.944 bits per heavy atom. The van der Waals surface area contributed by atoms with Gasteiger partial charge in [-0.3, -0.25) is 0 Å². The zero-order valence-electron chi connectivity index (χ0n) is 8.06. The van der Waals surface area contributed by atoms with Crippen molar-refractivity contribution in [2.45, 2.75) is 20.8 Å². The number of esters is 1. The summed E-state index contributed by atoms with van der Waals surface area (Å²) in [4.78, 5) is 10.9. The Bertz CT molecular complexity index is 386. The first-order valence-electron chi connectivity index (χ1n) is 3.94. The lowest BCUT2D eigenvalue weighted by Crippen LogP contribution is -2.58. The summed E-state index contributed by atoms with van der Waals surface area (Å²) in [6.07, 6.45) is 0.218. The largest absolute Gasteiger partial charge is 0.432 e. The van der Waals surface area contributed by atoms with Gasteiger partial charge in [0.1, 0.15) is 0 Å². The van der Waals surface area contributed by atoms with Crippen LogP contribution in [0.4, 0.5) is 30.7 Å². The Morgan fingerprint density at radius 2 is 1.39 bits per heavy atom. The number of thioether (sulfide) groups is 2. The van der Waals surface area contributed by atoms with Gasteiger partial charge in [0.15, 0.2) is 0 Å². The molecule has 0 bridgehead atoms. The third kappa shape index (κ3) is 2.17. The van der Waals surface area contributed by atoms with Crippen molar-refractivity contribution in [2.75, 3.05) is 0 Å². The van der Waals surface area contributed by atoms with Crippen LogP contribution in [0.3, 0.4) is 0 Å². The molecule has 1 saturated heterocycles. The Hall–Kier alpha value is -0.580. The van der Waals surface area contributed by atoms with E-state index in [0.717, 1.165) is 0 Å². The van der Waals surface area contributed by atoms with E-state index in [1.807, 2.05) is 0 Å². The maximum Gasteiger partial charge on any atom is 0.371 e. The normalized spacial score (nSPS) is 32.6. The second-order valence-corrected chi connectivity index (χ2v) is 5.43. The fraction of sp³-hybridized carbons (Fsp3) is 0.571.